The zero-order valence-corrected chi connectivity index (χ0v) is 11.6. The Morgan fingerprint density at radius 2 is 1.89 bits per heavy atom. The largest absolute Gasteiger partial charge is 0.390 e. The highest BCUT2D eigenvalue weighted by atomic mass is 35.5. The molecule has 2 atom stereocenters. The number of hydrogen-bond acceptors (Lipinski definition) is 2. The van der Waals surface area contributed by atoms with E-state index in [9.17, 15) is 9.90 Å². The maximum Gasteiger partial charge on any atom is 0.142 e. The minimum Gasteiger partial charge on any atom is -0.390 e. The van der Waals surface area contributed by atoms with Crippen LogP contribution in [0.4, 0.5) is 0 Å². The summed E-state index contributed by atoms with van der Waals surface area (Å²) in [5.41, 5.74) is 0.236. The second kappa shape index (κ2) is 5.02. The summed E-state index contributed by atoms with van der Waals surface area (Å²) in [5, 5.41) is 10.7. The Kier molecular flexibility index (Phi) is 3.79. The van der Waals surface area contributed by atoms with Crippen molar-refractivity contribution in [1.29, 1.82) is 0 Å². The summed E-state index contributed by atoms with van der Waals surface area (Å²) in [6.07, 6.45) is 2.42. The summed E-state index contributed by atoms with van der Waals surface area (Å²) < 4.78 is 0. The molecule has 0 spiro atoms. The molecular weight excluding hydrogens is 248 g/mol. The van der Waals surface area contributed by atoms with E-state index >= 15 is 0 Å². The molecule has 0 radical (unpaired) electrons. The lowest BCUT2D eigenvalue weighted by Crippen LogP contribution is -2.35. The van der Waals surface area contributed by atoms with Gasteiger partial charge in [-0.05, 0) is 50.8 Å². The highest BCUT2D eigenvalue weighted by molar-refractivity contribution is 6.30. The first-order valence-electron chi connectivity index (χ1n) is 6.38. The summed E-state index contributed by atoms with van der Waals surface area (Å²) in [5.74, 6) is 0.0369. The van der Waals surface area contributed by atoms with Crippen LogP contribution < -0.4 is 0 Å². The Balaban J connectivity index is 2.04. The van der Waals surface area contributed by atoms with Crippen molar-refractivity contribution in [3.63, 3.8) is 0 Å². The third-order valence-electron chi connectivity index (χ3n) is 3.80. The van der Waals surface area contributed by atoms with Crippen molar-refractivity contribution in [3.05, 3.63) is 34.9 Å². The van der Waals surface area contributed by atoms with Crippen LogP contribution in [-0.4, -0.2) is 16.5 Å². The lowest BCUT2D eigenvalue weighted by atomic mass is 9.86. The van der Waals surface area contributed by atoms with Crippen LogP contribution in [0.25, 0.3) is 0 Å². The molecule has 1 aliphatic carbocycles. The quantitative estimate of drug-likeness (QED) is 0.912. The van der Waals surface area contributed by atoms with Crippen LogP contribution in [0.1, 0.15) is 32.3 Å². The van der Waals surface area contributed by atoms with Crippen molar-refractivity contribution in [2.45, 2.75) is 38.7 Å². The molecule has 0 aromatic heterocycles. The Hall–Kier alpha value is -0.860. The molecular formula is C15H19ClO2. The molecule has 0 amide bonds. The Morgan fingerprint density at radius 3 is 2.39 bits per heavy atom. The van der Waals surface area contributed by atoms with Gasteiger partial charge in [0.15, 0.2) is 0 Å². The third-order valence-corrected chi connectivity index (χ3v) is 4.05. The van der Waals surface area contributed by atoms with Crippen LogP contribution in [0.2, 0.25) is 5.02 Å². The number of halogens is 1. The van der Waals surface area contributed by atoms with Crippen molar-refractivity contribution in [2.24, 2.45) is 11.8 Å². The molecule has 0 aliphatic heterocycles. The van der Waals surface area contributed by atoms with E-state index in [1.165, 1.54) is 0 Å². The zero-order chi connectivity index (χ0) is 13.3. The second-order valence-corrected chi connectivity index (χ2v) is 6.15. The van der Waals surface area contributed by atoms with Crippen molar-refractivity contribution in [3.8, 4) is 0 Å². The summed E-state index contributed by atoms with van der Waals surface area (Å²) in [4.78, 5) is 12.2. The average molecular weight is 267 g/mol. The summed E-state index contributed by atoms with van der Waals surface area (Å²) >= 11 is 5.84. The predicted octanol–water partition coefficient (Wildman–Crippen LogP) is 3.25. The van der Waals surface area contributed by atoms with Crippen LogP contribution in [0, 0.1) is 11.8 Å². The first-order valence-corrected chi connectivity index (χ1v) is 6.76. The predicted molar refractivity (Wildman–Crippen MR) is 72.7 cm³/mol. The standard InChI is InChI=1S/C15H19ClO2/c1-15(2,18)13-8-5-11(14(13)17)9-10-3-6-12(16)7-4-10/h3-4,6-7,11,13,18H,5,8-9H2,1-2H3/t11-,13-/m1/s1. The first-order chi connectivity index (χ1) is 8.38. The summed E-state index contributed by atoms with van der Waals surface area (Å²) in [6, 6.07) is 7.63. The highest BCUT2D eigenvalue weighted by Crippen LogP contribution is 2.36. The Morgan fingerprint density at radius 1 is 1.28 bits per heavy atom. The van der Waals surface area contributed by atoms with Gasteiger partial charge in [-0.25, -0.2) is 0 Å². The van der Waals surface area contributed by atoms with E-state index in [4.69, 9.17) is 11.6 Å². The number of ketones is 1. The fraction of sp³-hybridized carbons (Fsp3) is 0.533. The Bertz CT molecular complexity index is 431. The maximum absolute atomic E-state index is 12.2. The molecule has 1 N–H and O–H groups in total. The fourth-order valence-electron chi connectivity index (χ4n) is 2.75. The van der Waals surface area contributed by atoms with Crippen molar-refractivity contribution < 1.29 is 9.90 Å². The molecule has 1 fully saturated rings. The topological polar surface area (TPSA) is 37.3 Å². The van der Waals surface area contributed by atoms with Gasteiger partial charge in [-0.3, -0.25) is 4.79 Å². The van der Waals surface area contributed by atoms with Gasteiger partial charge in [0.2, 0.25) is 0 Å². The first kappa shape index (κ1) is 13.6. The molecule has 18 heavy (non-hydrogen) atoms. The number of hydrogen-bond donors (Lipinski definition) is 1. The third kappa shape index (κ3) is 2.93. The molecule has 0 unspecified atom stereocenters. The number of Topliss-reactive ketones (excluding diaryl/α,β-unsaturated/α-hetero) is 1. The highest BCUT2D eigenvalue weighted by Gasteiger charge is 2.41. The van der Waals surface area contributed by atoms with Crippen LogP contribution in [0.15, 0.2) is 24.3 Å². The lowest BCUT2D eigenvalue weighted by molar-refractivity contribution is -0.130. The normalized spacial score (nSPS) is 24.6. The van der Waals surface area contributed by atoms with E-state index in [1.807, 2.05) is 24.3 Å². The molecule has 98 valence electrons. The van der Waals surface area contributed by atoms with Gasteiger partial charge in [0, 0.05) is 16.9 Å². The maximum atomic E-state index is 12.2. The van der Waals surface area contributed by atoms with Crippen molar-refractivity contribution in [1.82, 2.24) is 0 Å². The number of benzene rings is 1. The van der Waals surface area contributed by atoms with E-state index < -0.39 is 5.60 Å². The molecule has 1 aromatic rings. The van der Waals surface area contributed by atoms with Crippen LogP contribution in [0.5, 0.6) is 0 Å². The molecule has 0 saturated heterocycles. The van der Waals surface area contributed by atoms with E-state index in [2.05, 4.69) is 0 Å². The Labute approximate surface area is 113 Å². The molecule has 0 heterocycles. The van der Waals surface area contributed by atoms with Crippen LogP contribution in [-0.2, 0) is 11.2 Å². The second-order valence-electron chi connectivity index (χ2n) is 5.71. The van der Waals surface area contributed by atoms with Crippen molar-refractivity contribution in [2.75, 3.05) is 0 Å². The fourth-order valence-corrected chi connectivity index (χ4v) is 2.87. The van der Waals surface area contributed by atoms with E-state index in [0.717, 1.165) is 24.8 Å². The minimum absolute atomic E-state index is 0.0441. The molecule has 1 aromatic carbocycles. The number of rotatable bonds is 3. The molecule has 2 rings (SSSR count). The van der Waals surface area contributed by atoms with Gasteiger partial charge in [-0.2, -0.15) is 0 Å². The van der Waals surface area contributed by atoms with E-state index in [1.54, 1.807) is 13.8 Å². The molecule has 1 aliphatic rings. The van der Waals surface area contributed by atoms with Gasteiger partial charge in [-0.1, -0.05) is 23.7 Å². The average Bonchev–Trinajstić information content (AvgIpc) is 2.63. The molecule has 3 heteroatoms. The SMILES string of the molecule is CC(C)(O)[C@@H]1CC[C@H](Cc2ccc(Cl)cc2)C1=O. The van der Waals surface area contributed by atoms with E-state index in [-0.39, 0.29) is 17.6 Å². The monoisotopic (exact) mass is 266 g/mol. The molecule has 0 bridgehead atoms. The lowest BCUT2D eigenvalue weighted by Gasteiger charge is -2.24. The van der Waals surface area contributed by atoms with Gasteiger partial charge in [-0.15, -0.1) is 0 Å². The van der Waals surface area contributed by atoms with Crippen LogP contribution >= 0.6 is 11.6 Å². The minimum atomic E-state index is -0.897. The molecule has 2 nitrogen and oxygen atoms in total. The number of carbonyl (C=O) groups is 1. The zero-order valence-electron chi connectivity index (χ0n) is 10.8. The summed E-state index contributed by atoms with van der Waals surface area (Å²) in [6.45, 7) is 3.44. The smallest absolute Gasteiger partial charge is 0.142 e. The van der Waals surface area contributed by atoms with Gasteiger partial charge in [0.1, 0.15) is 5.78 Å². The van der Waals surface area contributed by atoms with Gasteiger partial charge < -0.3 is 5.11 Å². The van der Waals surface area contributed by atoms with Crippen LogP contribution in [0.3, 0.4) is 0 Å². The molecule has 1 saturated carbocycles. The van der Waals surface area contributed by atoms with E-state index in [0.29, 0.717) is 5.02 Å². The van der Waals surface area contributed by atoms with Gasteiger partial charge >= 0.3 is 0 Å². The summed E-state index contributed by atoms with van der Waals surface area (Å²) in [7, 11) is 0. The van der Waals surface area contributed by atoms with Crippen molar-refractivity contribution >= 4 is 17.4 Å². The van der Waals surface area contributed by atoms with Gasteiger partial charge in [0.25, 0.3) is 0 Å². The van der Waals surface area contributed by atoms with Gasteiger partial charge in [0.05, 0.1) is 5.60 Å². The number of aliphatic hydroxyl groups is 1. The number of carbonyl (C=O) groups excluding carboxylic acids is 1.